The zero-order valence-corrected chi connectivity index (χ0v) is 15.6. The van der Waals surface area contributed by atoms with Crippen molar-refractivity contribution in [2.45, 2.75) is 25.5 Å². The maximum absolute atomic E-state index is 12.3. The number of nitriles is 1. The van der Waals surface area contributed by atoms with Crippen LogP contribution in [0.2, 0.25) is 0 Å². The molecule has 1 atom stereocenters. The van der Waals surface area contributed by atoms with Gasteiger partial charge in [-0.3, -0.25) is 9.69 Å². The van der Waals surface area contributed by atoms with E-state index in [-0.39, 0.29) is 12.3 Å². The molecule has 0 aliphatic carbocycles. The maximum Gasteiger partial charge on any atom is 0.232 e. The van der Waals surface area contributed by atoms with E-state index < -0.39 is 5.54 Å². The van der Waals surface area contributed by atoms with Crippen molar-refractivity contribution < 1.29 is 9.53 Å². The van der Waals surface area contributed by atoms with Crippen molar-refractivity contribution in [2.75, 3.05) is 4.90 Å². The van der Waals surface area contributed by atoms with E-state index in [2.05, 4.69) is 6.07 Å². The van der Waals surface area contributed by atoms with Crippen LogP contribution in [0.1, 0.15) is 23.1 Å². The van der Waals surface area contributed by atoms with Crippen LogP contribution in [0, 0.1) is 18.3 Å². The minimum absolute atomic E-state index is 0.0465. The summed E-state index contributed by atoms with van der Waals surface area (Å²) in [6, 6.07) is 27.4. The average molecular weight is 368 g/mol. The SMILES string of the molecule is Cc1ccc(N2C(=O)C[C@]2(C#N)c2ccc(OCc3ccccc3)cc2)cc1. The third-order valence-electron chi connectivity index (χ3n) is 5.10. The Morgan fingerprint density at radius 1 is 1.00 bits per heavy atom. The molecule has 0 saturated carbocycles. The molecule has 4 nitrogen and oxygen atoms in total. The molecule has 3 aromatic carbocycles. The summed E-state index contributed by atoms with van der Waals surface area (Å²) < 4.78 is 5.83. The lowest BCUT2D eigenvalue weighted by Gasteiger charge is -2.47. The van der Waals surface area contributed by atoms with E-state index in [1.165, 1.54) is 0 Å². The Labute approximate surface area is 164 Å². The summed E-state index contributed by atoms with van der Waals surface area (Å²) >= 11 is 0. The van der Waals surface area contributed by atoms with Crippen LogP contribution in [-0.4, -0.2) is 5.91 Å². The number of hydrogen-bond acceptors (Lipinski definition) is 3. The molecule has 1 aliphatic rings. The van der Waals surface area contributed by atoms with E-state index in [0.717, 1.165) is 28.1 Å². The number of carbonyl (C=O) groups is 1. The first-order chi connectivity index (χ1) is 13.6. The molecule has 0 unspecified atom stereocenters. The zero-order chi connectivity index (χ0) is 19.6. The summed E-state index contributed by atoms with van der Waals surface area (Å²) in [5.41, 5.74) is 2.77. The number of nitrogens with zero attached hydrogens (tertiary/aromatic N) is 2. The van der Waals surface area contributed by atoms with Crippen LogP contribution in [0.15, 0.2) is 78.9 Å². The molecule has 0 bridgehead atoms. The summed E-state index contributed by atoms with van der Waals surface area (Å²) in [6.07, 6.45) is 0.182. The van der Waals surface area contributed by atoms with Gasteiger partial charge in [0.15, 0.2) is 5.54 Å². The molecule has 1 heterocycles. The summed E-state index contributed by atoms with van der Waals surface area (Å²) in [7, 11) is 0. The van der Waals surface area contributed by atoms with Gasteiger partial charge in [-0.2, -0.15) is 5.26 Å². The van der Waals surface area contributed by atoms with Gasteiger partial charge in [0.1, 0.15) is 12.4 Å². The lowest BCUT2D eigenvalue weighted by atomic mass is 9.78. The highest BCUT2D eigenvalue weighted by atomic mass is 16.5. The molecule has 0 N–H and O–H groups in total. The summed E-state index contributed by atoms with van der Waals surface area (Å²) in [4.78, 5) is 13.9. The molecule has 1 fully saturated rings. The second-order valence-corrected chi connectivity index (χ2v) is 7.01. The third kappa shape index (κ3) is 3.12. The molecule has 1 aliphatic heterocycles. The first-order valence-corrected chi connectivity index (χ1v) is 9.21. The number of β-lactam (4-membered cyclic amide) rings is 1. The number of rotatable bonds is 5. The Morgan fingerprint density at radius 3 is 2.29 bits per heavy atom. The average Bonchev–Trinajstić information content (AvgIpc) is 2.73. The lowest BCUT2D eigenvalue weighted by Crippen LogP contribution is -2.61. The number of carbonyl (C=O) groups excluding carboxylic acids is 1. The van der Waals surface area contributed by atoms with E-state index in [1.54, 1.807) is 4.90 Å². The Kier molecular flexibility index (Phi) is 4.58. The van der Waals surface area contributed by atoms with Crippen LogP contribution in [0.3, 0.4) is 0 Å². The second kappa shape index (κ2) is 7.21. The van der Waals surface area contributed by atoms with Gasteiger partial charge in [-0.1, -0.05) is 60.2 Å². The minimum Gasteiger partial charge on any atom is -0.489 e. The molecule has 4 rings (SSSR count). The fraction of sp³-hybridized carbons (Fsp3) is 0.167. The minimum atomic E-state index is -0.968. The fourth-order valence-electron chi connectivity index (χ4n) is 3.51. The Bertz CT molecular complexity index is 1020. The lowest BCUT2D eigenvalue weighted by molar-refractivity contribution is -0.126. The van der Waals surface area contributed by atoms with Crippen molar-refractivity contribution in [3.8, 4) is 11.8 Å². The molecule has 4 heteroatoms. The van der Waals surface area contributed by atoms with Crippen molar-refractivity contribution in [3.05, 3.63) is 95.6 Å². The molecule has 138 valence electrons. The molecule has 0 spiro atoms. The summed E-state index contributed by atoms with van der Waals surface area (Å²) in [5, 5.41) is 9.94. The van der Waals surface area contributed by atoms with Crippen LogP contribution >= 0.6 is 0 Å². The molecule has 0 aromatic heterocycles. The van der Waals surface area contributed by atoms with Gasteiger partial charge in [0, 0.05) is 5.69 Å². The van der Waals surface area contributed by atoms with Gasteiger partial charge in [-0.25, -0.2) is 0 Å². The van der Waals surface area contributed by atoms with E-state index in [4.69, 9.17) is 4.74 Å². The van der Waals surface area contributed by atoms with Crippen molar-refractivity contribution in [3.63, 3.8) is 0 Å². The number of benzene rings is 3. The van der Waals surface area contributed by atoms with Crippen LogP contribution in [0.5, 0.6) is 5.75 Å². The van der Waals surface area contributed by atoms with Crippen molar-refractivity contribution in [1.29, 1.82) is 5.26 Å². The van der Waals surface area contributed by atoms with Crippen LogP contribution in [0.25, 0.3) is 0 Å². The smallest absolute Gasteiger partial charge is 0.232 e. The van der Waals surface area contributed by atoms with Gasteiger partial charge in [-0.05, 0) is 42.3 Å². The number of ether oxygens (including phenoxy) is 1. The fourth-order valence-corrected chi connectivity index (χ4v) is 3.51. The normalized spacial score (nSPS) is 18.3. The van der Waals surface area contributed by atoms with Crippen LogP contribution in [0.4, 0.5) is 5.69 Å². The number of amides is 1. The molecular weight excluding hydrogens is 348 g/mol. The number of hydrogen-bond donors (Lipinski definition) is 0. The Morgan fingerprint density at radius 2 is 1.68 bits per heavy atom. The third-order valence-corrected chi connectivity index (χ3v) is 5.10. The van der Waals surface area contributed by atoms with Crippen molar-refractivity contribution in [2.24, 2.45) is 0 Å². The van der Waals surface area contributed by atoms with Gasteiger partial charge >= 0.3 is 0 Å². The number of anilines is 1. The second-order valence-electron chi connectivity index (χ2n) is 7.01. The molecule has 28 heavy (non-hydrogen) atoms. The van der Waals surface area contributed by atoms with Gasteiger partial charge in [-0.15, -0.1) is 0 Å². The molecule has 1 saturated heterocycles. The molecule has 0 radical (unpaired) electrons. The predicted octanol–water partition coefficient (Wildman–Crippen LogP) is 4.73. The van der Waals surface area contributed by atoms with E-state index in [1.807, 2.05) is 85.8 Å². The topological polar surface area (TPSA) is 53.3 Å². The van der Waals surface area contributed by atoms with E-state index >= 15 is 0 Å². The monoisotopic (exact) mass is 368 g/mol. The molecule has 3 aromatic rings. The van der Waals surface area contributed by atoms with Gasteiger partial charge in [0.2, 0.25) is 5.91 Å². The number of aryl methyl sites for hydroxylation is 1. The van der Waals surface area contributed by atoms with Crippen LogP contribution in [-0.2, 0) is 16.9 Å². The van der Waals surface area contributed by atoms with E-state index in [9.17, 15) is 10.1 Å². The standard InChI is InChI=1S/C24H20N2O2/c1-18-7-11-21(12-8-18)26-23(27)15-24(26,17-25)20-9-13-22(14-10-20)28-16-19-5-3-2-4-6-19/h2-14H,15-16H2,1H3/t24-/m0/s1. The maximum atomic E-state index is 12.3. The Balaban J connectivity index is 1.55. The Hall–Kier alpha value is -3.58. The van der Waals surface area contributed by atoms with Gasteiger partial charge < -0.3 is 4.74 Å². The van der Waals surface area contributed by atoms with Crippen molar-refractivity contribution >= 4 is 11.6 Å². The largest absolute Gasteiger partial charge is 0.489 e. The highest BCUT2D eigenvalue weighted by molar-refractivity contribution is 6.04. The summed E-state index contributed by atoms with van der Waals surface area (Å²) in [5.74, 6) is 0.683. The van der Waals surface area contributed by atoms with Crippen molar-refractivity contribution in [1.82, 2.24) is 0 Å². The predicted molar refractivity (Wildman–Crippen MR) is 108 cm³/mol. The van der Waals surface area contributed by atoms with E-state index in [0.29, 0.717) is 6.61 Å². The zero-order valence-electron chi connectivity index (χ0n) is 15.6. The first kappa shape index (κ1) is 17.8. The quantitative estimate of drug-likeness (QED) is 0.612. The highest BCUT2D eigenvalue weighted by Crippen LogP contribution is 2.44. The van der Waals surface area contributed by atoms with Gasteiger partial charge in [0.25, 0.3) is 0 Å². The van der Waals surface area contributed by atoms with Gasteiger partial charge in [0.05, 0.1) is 12.5 Å². The first-order valence-electron chi connectivity index (χ1n) is 9.21. The summed E-state index contributed by atoms with van der Waals surface area (Å²) in [6.45, 7) is 2.48. The molecule has 1 amide bonds. The highest BCUT2D eigenvalue weighted by Gasteiger charge is 2.53. The molecular formula is C24H20N2O2. The van der Waals surface area contributed by atoms with Crippen LogP contribution < -0.4 is 9.64 Å².